The Bertz CT molecular complexity index is 792. The number of benzene rings is 2. The average Bonchev–Trinajstić information content (AvgIpc) is 2.62. The minimum absolute atomic E-state index is 0.221. The van der Waals surface area contributed by atoms with Crippen LogP contribution in [0.1, 0.15) is 12.5 Å². The van der Waals surface area contributed by atoms with E-state index in [9.17, 15) is 9.59 Å². The number of carbonyl (C=O) groups is 2. The first-order valence-corrected chi connectivity index (χ1v) is 8.02. The van der Waals surface area contributed by atoms with Gasteiger partial charge in [-0.05, 0) is 48.9 Å². The first-order chi connectivity index (χ1) is 12.5. The van der Waals surface area contributed by atoms with E-state index in [-0.39, 0.29) is 6.61 Å². The summed E-state index contributed by atoms with van der Waals surface area (Å²) < 4.78 is 10.5. The number of carboxylic acids is 1. The normalized spacial score (nSPS) is 11.8. The van der Waals surface area contributed by atoms with Crippen LogP contribution >= 0.6 is 11.6 Å². The predicted molar refractivity (Wildman–Crippen MR) is 96.9 cm³/mol. The van der Waals surface area contributed by atoms with Crippen LogP contribution in [0.4, 0.5) is 0 Å². The zero-order valence-corrected chi connectivity index (χ0v) is 14.6. The van der Waals surface area contributed by atoms with Gasteiger partial charge in [0.05, 0.1) is 11.2 Å². The van der Waals surface area contributed by atoms with Crippen molar-refractivity contribution < 1.29 is 24.2 Å². The summed E-state index contributed by atoms with van der Waals surface area (Å²) in [4.78, 5) is 22.4. The molecule has 0 unspecified atom stereocenters. The molecule has 2 N–H and O–H groups in total. The highest BCUT2D eigenvalue weighted by Crippen LogP contribution is 2.22. The first kappa shape index (κ1) is 19.3. The summed E-state index contributed by atoms with van der Waals surface area (Å²) >= 11 is 5.92. The summed E-state index contributed by atoms with van der Waals surface area (Å²) in [6, 6.07) is 13.4. The molecule has 0 aliphatic heterocycles. The summed E-state index contributed by atoms with van der Waals surface area (Å²) in [6.45, 7) is 1.22. The molecule has 0 bridgehead atoms. The number of ether oxygens (including phenoxy) is 2. The lowest BCUT2D eigenvalue weighted by Crippen LogP contribution is -2.24. The van der Waals surface area contributed by atoms with E-state index in [1.165, 1.54) is 13.1 Å². The van der Waals surface area contributed by atoms with E-state index in [0.29, 0.717) is 22.1 Å². The Morgan fingerprint density at radius 1 is 1.23 bits per heavy atom. The highest BCUT2D eigenvalue weighted by atomic mass is 35.5. The van der Waals surface area contributed by atoms with Gasteiger partial charge in [-0.25, -0.2) is 10.2 Å². The average molecular weight is 377 g/mol. The number of carboxylic acid groups (broad SMARTS) is 1. The minimum atomic E-state index is -1.04. The van der Waals surface area contributed by atoms with Gasteiger partial charge in [0.25, 0.3) is 5.91 Å². The molecule has 136 valence electrons. The standard InChI is InChI=1S/C18H17ClN2O5/c1-12(18(23)24)26-14-8-6-13(7-9-14)10-20-21-17(22)11-25-16-5-3-2-4-15(16)19/h2-10,12H,11H2,1H3,(H,21,22)(H,23,24)/b20-10-/t12-/m0/s1. The maximum atomic E-state index is 11.7. The number of hydrogen-bond donors (Lipinski definition) is 2. The van der Waals surface area contributed by atoms with Crippen LogP contribution in [0.15, 0.2) is 53.6 Å². The summed E-state index contributed by atoms with van der Waals surface area (Å²) in [7, 11) is 0. The van der Waals surface area contributed by atoms with Crippen LogP contribution in [-0.2, 0) is 9.59 Å². The molecule has 0 saturated carbocycles. The van der Waals surface area contributed by atoms with Crippen LogP contribution in [0.2, 0.25) is 5.02 Å². The van der Waals surface area contributed by atoms with E-state index in [1.54, 1.807) is 48.5 Å². The summed E-state index contributed by atoms with van der Waals surface area (Å²) in [6.07, 6.45) is 0.504. The third-order valence-corrected chi connectivity index (χ3v) is 3.45. The molecule has 2 aromatic rings. The maximum absolute atomic E-state index is 11.7. The Morgan fingerprint density at radius 3 is 2.58 bits per heavy atom. The van der Waals surface area contributed by atoms with Crippen molar-refractivity contribution in [1.82, 2.24) is 5.43 Å². The number of amides is 1. The van der Waals surface area contributed by atoms with Crippen molar-refractivity contribution in [1.29, 1.82) is 0 Å². The highest BCUT2D eigenvalue weighted by molar-refractivity contribution is 6.32. The van der Waals surface area contributed by atoms with Gasteiger partial charge >= 0.3 is 5.97 Å². The van der Waals surface area contributed by atoms with Crippen molar-refractivity contribution in [3.05, 3.63) is 59.1 Å². The number of halogens is 1. The molecule has 0 aromatic heterocycles. The molecular formula is C18H17ClN2O5. The fourth-order valence-electron chi connectivity index (χ4n) is 1.80. The Kier molecular flexibility index (Phi) is 6.99. The van der Waals surface area contributed by atoms with E-state index in [1.807, 2.05) is 0 Å². The van der Waals surface area contributed by atoms with Crippen molar-refractivity contribution in [3.63, 3.8) is 0 Å². The second-order valence-corrected chi connectivity index (χ2v) is 5.59. The van der Waals surface area contributed by atoms with Gasteiger partial charge in [0.1, 0.15) is 11.5 Å². The van der Waals surface area contributed by atoms with E-state index in [2.05, 4.69) is 10.5 Å². The lowest BCUT2D eigenvalue weighted by Gasteiger charge is -2.09. The predicted octanol–water partition coefficient (Wildman–Crippen LogP) is 2.72. The van der Waals surface area contributed by atoms with Crippen LogP contribution in [0.25, 0.3) is 0 Å². The van der Waals surface area contributed by atoms with Crippen molar-refractivity contribution in [2.45, 2.75) is 13.0 Å². The fraction of sp³-hybridized carbons (Fsp3) is 0.167. The highest BCUT2D eigenvalue weighted by Gasteiger charge is 2.11. The van der Waals surface area contributed by atoms with E-state index in [4.69, 9.17) is 26.2 Å². The molecule has 0 spiro atoms. The molecule has 1 amide bonds. The zero-order chi connectivity index (χ0) is 18.9. The van der Waals surface area contributed by atoms with Gasteiger partial charge < -0.3 is 14.6 Å². The van der Waals surface area contributed by atoms with Gasteiger partial charge in [-0.15, -0.1) is 0 Å². The SMILES string of the molecule is C[C@H](Oc1ccc(/C=N\NC(=O)COc2ccccc2Cl)cc1)C(=O)O. The van der Waals surface area contributed by atoms with Gasteiger partial charge in [-0.2, -0.15) is 5.10 Å². The van der Waals surface area contributed by atoms with Crippen LogP contribution < -0.4 is 14.9 Å². The molecule has 7 nitrogen and oxygen atoms in total. The van der Waals surface area contributed by atoms with Crippen molar-refractivity contribution in [2.75, 3.05) is 6.61 Å². The number of para-hydroxylation sites is 1. The third kappa shape index (κ3) is 6.10. The van der Waals surface area contributed by atoms with Crippen molar-refractivity contribution in [3.8, 4) is 11.5 Å². The zero-order valence-electron chi connectivity index (χ0n) is 13.9. The number of nitrogens with zero attached hydrogens (tertiary/aromatic N) is 1. The van der Waals surface area contributed by atoms with Gasteiger partial charge in [0, 0.05) is 0 Å². The lowest BCUT2D eigenvalue weighted by molar-refractivity contribution is -0.144. The second-order valence-electron chi connectivity index (χ2n) is 5.18. The Hall–Kier alpha value is -3.06. The molecule has 0 radical (unpaired) electrons. The largest absolute Gasteiger partial charge is 0.482 e. The molecule has 0 heterocycles. The topological polar surface area (TPSA) is 97.2 Å². The van der Waals surface area contributed by atoms with Crippen molar-refractivity contribution >= 4 is 29.7 Å². The number of hydrogen-bond acceptors (Lipinski definition) is 5. The molecule has 0 saturated heterocycles. The Labute approximate surface area is 155 Å². The fourth-order valence-corrected chi connectivity index (χ4v) is 1.99. The smallest absolute Gasteiger partial charge is 0.344 e. The third-order valence-electron chi connectivity index (χ3n) is 3.14. The second kappa shape index (κ2) is 9.43. The quantitative estimate of drug-likeness (QED) is 0.545. The molecule has 2 rings (SSSR count). The van der Waals surface area contributed by atoms with Crippen LogP contribution in [0.3, 0.4) is 0 Å². The molecular weight excluding hydrogens is 360 g/mol. The molecule has 0 aliphatic carbocycles. The van der Waals surface area contributed by atoms with Crippen molar-refractivity contribution in [2.24, 2.45) is 5.10 Å². The van der Waals surface area contributed by atoms with E-state index in [0.717, 1.165) is 0 Å². The molecule has 2 aromatic carbocycles. The number of aliphatic carboxylic acids is 1. The summed E-state index contributed by atoms with van der Waals surface area (Å²) in [5.74, 6) is -0.637. The van der Waals surface area contributed by atoms with Gasteiger partial charge in [-0.1, -0.05) is 23.7 Å². The van der Waals surface area contributed by atoms with Crippen LogP contribution in [0.5, 0.6) is 11.5 Å². The molecule has 26 heavy (non-hydrogen) atoms. The number of carbonyl (C=O) groups excluding carboxylic acids is 1. The van der Waals surface area contributed by atoms with Crippen LogP contribution in [-0.4, -0.2) is 35.9 Å². The number of hydrazone groups is 1. The molecule has 8 heteroatoms. The molecule has 0 fully saturated rings. The number of rotatable bonds is 8. The lowest BCUT2D eigenvalue weighted by atomic mass is 10.2. The summed E-state index contributed by atoms with van der Waals surface area (Å²) in [5, 5.41) is 13.0. The summed E-state index contributed by atoms with van der Waals surface area (Å²) in [5.41, 5.74) is 3.04. The Morgan fingerprint density at radius 2 is 1.92 bits per heavy atom. The molecule has 0 aliphatic rings. The molecule has 1 atom stereocenters. The van der Waals surface area contributed by atoms with E-state index >= 15 is 0 Å². The monoisotopic (exact) mass is 376 g/mol. The Balaban J connectivity index is 1.79. The minimum Gasteiger partial charge on any atom is -0.482 e. The van der Waals surface area contributed by atoms with Crippen LogP contribution in [0, 0.1) is 0 Å². The maximum Gasteiger partial charge on any atom is 0.344 e. The van der Waals surface area contributed by atoms with Gasteiger partial charge in [0.2, 0.25) is 0 Å². The first-order valence-electron chi connectivity index (χ1n) is 7.64. The number of nitrogens with one attached hydrogen (secondary N) is 1. The van der Waals surface area contributed by atoms with Gasteiger partial charge in [-0.3, -0.25) is 4.79 Å². The van der Waals surface area contributed by atoms with Gasteiger partial charge in [0.15, 0.2) is 12.7 Å². The van der Waals surface area contributed by atoms with E-state index < -0.39 is 18.0 Å².